The molecule has 1 aliphatic carbocycles. The molecule has 1 aromatic heterocycles. The minimum absolute atomic E-state index is 0.522. The number of hydrogen-bond acceptors (Lipinski definition) is 2. The van der Waals surface area contributed by atoms with Crippen molar-refractivity contribution < 1.29 is 0 Å². The van der Waals surface area contributed by atoms with Crippen molar-refractivity contribution in [1.82, 2.24) is 15.3 Å². The number of nitrogens with one attached hydrogen (secondary N) is 2. The molecule has 3 heteroatoms. The lowest BCUT2D eigenvalue weighted by Crippen LogP contribution is -2.35. The molecule has 1 aliphatic heterocycles. The van der Waals surface area contributed by atoms with Crippen LogP contribution in [0.1, 0.15) is 55.4 Å². The molecule has 0 aromatic carbocycles. The van der Waals surface area contributed by atoms with E-state index in [1.165, 1.54) is 43.5 Å². The first-order chi connectivity index (χ1) is 7.84. The van der Waals surface area contributed by atoms with Crippen LogP contribution in [0.25, 0.3) is 0 Å². The maximum Gasteiger partial charge on any atom is 0.103 e. The van der Waals surface area contributed by atoms with Gasteiger partial charge in [0, 0.05) is 18.7 Å². The third kappa shape index (κ3) is 1.77. The van der Waals surface area contributed by atoms with Crippen LogP contribution in [0.4, 0.5) is 0 Å². The van der Waals surface area contributed by atoms with Crippen molar-refractivity contribution >= 4 is 0 Å². The van der Waals surface area contributed by atoms with E-state index in [2.05, 4.69) is 22.2 Å². The third-order valence-electron chi connectivity index (χ3n) is 4.08. The monoisotopic (exact) mass is 219 g/mol. The van der Waals surface area contributed by atoms with Crippen LogP contribution in [0.15, 0.2) is 0 Å². The van der Waals surface area contributed by atoms with Gasteiger partial charge in [-0.3, -0.25) is 0 Å². The minimum Gasteiger partial charge on any atom is -0.346 e. The zero-order valence-corrected chi connectivity index (χ0v) is 10.1. The first kappa shape index (κ1) is 10.3. The van der Waals surface area contributed by atoms with Crippen LogP contribution in [-0.2, 0) is 6.42 Å². The summed E-state index contributed by atoms with van der Waals surface area (Å²) in [6.45, 7) is 3.17. The highest BCUT2D eigenvalue weighted by molar-refractivity contribution is 5.22. The molecule has 0 saturated heterocycles. The molecule has 88 valence electrons. The number of hydrogen-bond donors (Lipinski definition) is 2. The van der Waals surface area contributed by atoms with Crippen LogP contribution < -0.4 is 5.32 Å². The number of fused-ring (bicyclic) bond motifs is 1. The van der Waals surface area contributed by atoms with Crippen molar-refractivity contribution in [3.8, 4) is 0 Å². The second-order valence-corrected chi connectivity index (χ2v) is 5.27. The summed E-state index contributed by atoms with van der Waals surface area (Å²) in [5.74, 6) is 1.89. The Morgan fingerprint density at radius 2 is 2.00 bits per heavy atom. The summed E-state index contributed by atoms with van der Waals surface area (Å²) >= 11 is 0. The van der Waals surface area contributed by atoms with E-state index in [0.29, 0.717) is 6.04 Å². The van der Waals surface area contributed by atoms with Crippen molar-refractivity contribution in [3.05, 3.63) is 17.2 Å². The predicted molar refractivity (Wildman–Crippen MR) is 64.3 cm³/mol. The molecule has 2 heterocycles. The lowest BCUT2D eigenvalue weighted by molar-refractivity contribution is 0.260. The molecule has 16 heavy (non-hydrogen) atoms. The Labute approximate surface area is 97.0 Å². The van der Waals surface area contributed by atoms with Crippen LogP contribution in [0.5, 0.6) is 0 Å². The zero-order valence-electron chi connectivity index (χ0n) is 10.1. The molecule has 0 radical (unpaired) electrons. The highest BCUT2D eigenvalue weighted by atomic mass is 15.0. The molecule has 1 saturated carbocycles. The Hall–Kier alpha value is -0.830. The molecule has 1 aromatic rings. The van der Waals surface area contributed by atoms with Crippen molar-refractivity contribution in [3.63, 3.8) is 0 Å². The normalized spacial score (nSPS) is 26.7. The highest BCUT2D eigenvalue weighted by Crippen LogP contribution is 2.36. The fourth-order valence-corrected chi connectivity index (χ4v) is 3.31. The first-order valence-corrected chi connectivity index (χ1v) is 6.63. The smallest absolute Gasteiger partial charge is 0.103 e. The van der Waals surface area contributed by atoms with E-state index in [0.717, 1.165) is 24.7 Å². The van der Waals surface area contributed by atoms with Gasteiger partial charge in [0.05, 0.1) is 11.7 Å². The van der Waals surface area contributed by atoms with Crippen LogP contribution in [0.2, 0.25) is 0 Å². The summed E-state index contributed by atoms with van der Waals surface area (Å²) in [5, 5.41) is 3.68. The van der Waals surface area contributed by atoms with Crippen LogP contribution in [0, 0.1) is 12.8 Å². The maximum absolute atomic E-state index is 4.69. The Bertz CT molecular complexity index is 363. The predicted octanol–water partition coefficient (Wildman–Crippen LogP) is 2.49. The Morgan fingerprint density at radius 3 is 2.81 bits per heavy atom. The average molecular weight is 219 g/mol. The number of aromatic nitrogens is 2. The number of rotatable bonds is 1. The van der Waals surface area contributed by atoms with Gasteiger partial charge in [-0.2, -0.15) is 0 Å². The molecule has 1 unspecified atom stereocenters. The fraction of sp³-hybridized carbons (Fsp3) is 0.769. The lowest BCUT2D eigenvalue weighted by atomic mass is 9.81. The van der Waals surface area contributed by atoms with Gasteiger partial charge in [-0.1, -0.05) is 19.3 Å². The Morgan fingerprint density at radius 1 is 1.19 bits per heavy atom. The molecule has 1 fully saturated rings. The highest BCUT2D eigenvalue weighted by Gasteiger charge is 2.30. The van der Waals surface area contributed by atoms with E-state index < -0.39 is 0 Å². The van der Waals surface area contributed by atoms with Gasteiger partial charge in [0.25, 0.3) is 0 Å². The van der Waals surface area contributed by atoms with Crippen LogP contribution in [0.3, 0.4) is 0 Å². The van der Waals surface area contributed by atoms with Crippen LogP contribution >= 0.6 is 0 Å². The summed E-state index contributed by atoms with van der Waals surface area (Å²) < 4.78 is 0. The molecule has 2 aliphatic rings. The van der Waals surface area contributed by atoms with Crippen LogP contribution in [-0.4, -0.2) is 16.5 Å². The number of imidazole rings is 1. The Balaban J connectivity index is 1.85. The summed E-state index contributed by atoms with van der Waals surface area (Å²) in [4.78, 5) is 8.10. The van der Waals surface area contributed by atoms with Gasteiger partial charge in [-0.25, -0.2) is 4.98 Å². The van der Waals surface area contributed by atoms with E-state index in [1.807, 2.05) is 0 Å². The summed E-state index contributed by atoms with van der Waals surface area (Å²) in [7, 11) is 0. The molecule has 0 bridgehead atoms. The lowest BCUT2D eigenvalue weighted by Gasteiger charge is -2.33. The summed E-state index contributed by atoms with van der Waals surface area (Å²) in [6, 6.07) is 0.522. The zero-order chi connectivity index (χ0) is 11.0. The minimum atomic E-state index is 0.522. The van der Waals surface area contributed by atoms with E-state index in [9.17, 15) is 0 Å². The maximum atomic E-state index is 4.69. The second-order valence-electron chi connectivity index (χ2n) is 5.27. The van der Waals surface area contributed by atoms with Crippen molar-refractivity contribution in [2.75, 3.05) is 6.54 Å². The van der Waals surface area contributed by atoms with Gasteiger partial charge in [0.15, 0.2) is 0 Å². The Kier molecular flexibility index (Phi) is 2.72. The number of aromatic amines is 1. The van der Waals surface area contributed by atoms with Crippen molar-refractivity contribution in [1.29, 1.82) is 0 Å². The van der Waals surface area contributed by atoms with Gasteiger partial charge >= 0.3 is 0 Å². The molecule has 0 spiro atoms. The number of aryl methyl sites for hydroxylation is 1. The fourth-order valence-electron chi connectivity index (χ4n) is 3.31. The first-order valence-electron chi connectivity index (χ1n) is 6.63. The molecular formula is C13H21N3. The van der Waals surface area contributed by atoms with Gasteiger partial charge < -0.3 is 10.3 Å². The third-order valence-corrected chi connectivity index (χ3v) is 4.08. The molecule has 3 nitrogen and oxygen atoms in total. The molecule has 2 N–H and O–H groups in total. The average Bonchev–Trinajstić information content (AvgIpc) is 2.70. The van der Waals surface area contributed by atoms with Gasteiger partial charge in [-0.05, 0) is 25.7 Å². The standard InChI is InChI=1S/C13H21N3/c1-9-15-11-7-8-14-12(13(11)16-9)10-5-3-2-4-6-10/h10,12,14H,2-8H2,1H3,(H,15,16). The molecular weight excluding hydrogens is 198 g/mol. The van der Waals surface area contributed by atoms with Gasteiger partial charge in [0.2, 0.25) is 0 Å². The summed E-state index contributed by atoms with van der Waals surface area (Å²) in [6.07, 6.45) is 8.10. The van der Waals surface area contributed by atoms with E-state index >= 15 is 0 Å². The van der Waals surface area contributed by atoms with Gasteiger partial charge in [-0.15, -0.1) is 0 Å². The quantitative estimate of drug-likeness (QED) is 0.762. The van der Waals surface area contributed by atoms with E-state index in [4.69, 9.17) is 0 Å². The number of H-pyrrole nitrogens is 1. The topological polar surface area (TPSA) is 40.7 Å². The second kappa shape index (κ2) is 4.21. The molecule has 0 amide bonds. The SMILES string of the molecule is Cc1nc2c([nH]1)CCNC2C1CCCCC1. The van der Waals surface area contributed by atoms with E-state index in [1.54, 1.807) is 0 Å². The largest absolute Gasteiger partial charge is 0.346 e. The van der Waals surface area contributed by atoms with Crippen molar-refractivity contribution in [2.45, 2.75) is 51.5 Å². The molecule has 1 atom stereocenters. The number of nitrogens with zero attached hydrogens (tertiary/aromatic N) is 1. The van der Waals surface area contributed by atoms with Gasteiger partial charge in [0.1, 0.15) is 5.82 Å². The molecule has 3 rings (SSSR count). The van der Waals surface area contributed by atoms with Crippen molar-refractivity contribution in [2.24, 2.45) is 5.92 Å². The van der Waals surface area contributed by atoms with E-state index in [-0.39, 0.29) is 0 Å². The summed E-state index contributed by atoms with van der Waals surface area (Å²) in [5.41, 5.74) is 2.70.